The van der Waals surface area contributed by atoms with E-state index in [4.69, 9.17) is 3.97 Å². The molecule has 1 N–H and O–H groups in total. The van der Waals surface area contributed by atoms with Gasteiger partial charge < -0.3 is 4.89 Å². The fraction of sp³-hybridized carbons (Fsp3) is 0. The van der Waals surface area contributed by atoms with Gasteiger partial charge in [0.05, 0.1) is 0 Å². The summed E-state index contributed by atoms with van der Waals surface area (Å²) in [7, 11) is -5.39. The molecule has 3 aromatic rings. The van der Waals surface area contributed by atoms with E-state index in [-0.39, 0.29) is 29.6 Å². The van der Waals surface area contributed by atoms with Gasteiger partial charge in [-0.15, -0.1) is 0 Å². The van der Waals surface area contributed by atoms with Crippen LogP contribution in [-0.4, -0.2) is 34.5 Å². The van der Waals surface area contributed by atoms with E-state index in [2.05, 4.69) is 0 Å². The monoisotopic (exact) mass is 368 g/mol. The van der Waals surface area contributed by atoms with Gasteiger partial charge in [0.15, 0.2) is 0 Å². The van der Waals surface area contributed by atoms with Crippen molar-refractivity contribution in [3.05, 3.63) is 91.0 Å². The van der Waals surface area contributed by atoms with E-state index in [0.717, 1.165) is 14.7 Å². The predicted octanol–water partition coefficient (Wildman–Crippen LogP) is 4.63. The summed E-state index contributed by atoms with van der Waals surface area (Å²) in [6, 6.07) is 28.9. The van der Waals surface area contributed by atoms with E-state index in [0.29, 0.717) is 0 Å². The molecule has 3 aromatic carbocycles. The van der Waals surface area contributed by atoms with Gasteiger partial charge >= 0.3 is 37.8 Å². The Hall–Kier alpha value is -0.840. The van der Waals surface area contributed by atoms with Gasteiger partial charge in [-0.3, -0.25) is 4.57 Å². The van der Waals surface area contributed by atoms with Crippen LogP contribution in [0.5, 0.6) is 0 Å². The summed E-state index contributed by atoms with van der Waals surface area (Å²) in [5.41, 5.74) is 0. The van der Waals surface area contributed by atoms with Gasteiger partial charge in [0.25, 0.3) is 0 Å². The van der Waals surface area contributed by atoms with Gasteiger partial charge in [-0.05, 0) is 46.7 Å². The van der Waals surface area contributed by atoms with Gasteiger partial charge in [0.1, 0.15) is 0 Å². The Bertz CT molecular complexity index is 688. The van der Waals surface area contributed by atoms with Crippen molar-refractivity contribution < 1.29 is 13.4 Å². The zero-order valence-corrected chi connectivity index (χ0v) is 14.1. The molecule has 0 aliphatic heterocycles. The molecule has 0 aliphatic carbocycles. The molecule has 3 nitrogen and oxygen atoms in total. The molecule has 0 amide bonds. The zero-order chi connectivity index (χ0) is 16.1. The van der Waals surface area contributed by atoms with Crippen LogP contribution in [0.4, 0.5) is 0 Å². The van der Waals surface area contributed by atoms with Gasteiger partial charge in [-0.1, -0.05) is 54.6 Å². The van der Waals surface area contributed by atoms with Gasteiger partial charge in [-0.2, -0.15) is 0 Å². The Morgan fingerprint density at radius 1 is 0.667 bits per heavy atom. The third kappa shape index (κ3) is 4.04. The molecule has 24 heavy (non-hydrogen) atoms. The number of benzene rings is 3. The Labute approximate surface area is 166 Å². The Balaban J connectivity index is 0.00000208. The van der Waals surface area contributed by atoms with E-state index in [1.54, 1.807) is 0 Å². The Morgan fingerprint density at radius 3 is 1.21 bits per heavy atom. The Kier molecular flexibility index (Phi) is 7.33. The van der Waals surface area contributed by atoms with Crippen LogP contribution in [0, 0.1) is 0 Å². The standard InChI is InChI=1S/C18H17O3PS.Na.H/c19-22(20)21-23(16-10-4-1-5-11-16,17-12-6-2-7-13-17)18-14-8-3-9-15-18;;/h1-15,22H,(H,19,20);;. The molecular formula is C18H18NaO3PS. The molecule has 0 saturated carbocycles. The van der Waals surface area contributed by atoms with Crippen LogP contribution in [0.3, 0.4) is 0 Å². The Morgan fingerprint density at radius 2 is 0.958 bits per heavy atom. The second kappa shape index (κ2) is 9.02. The normalized spacial score (nSPS) is 12.9. The van der Waals surface area contributed by atoms with Crippen molar-refractivity contribution >= 4 is 48.1 Å². The summed E-state index contributed by atoms with van der Waals surface area (Å²) in [6.07, 6.45) is 0. The average Bonchev–Trinajstić information content (AvgIpc) is 2.62. The first-order chi connectivity index (χ1) is 11.2. The molecule has 0 fully saturated rings. The van der Waals surface area contributed by atoms with Gasteiger partial charge in [-0.25, -0.2) is 3.97 Å². The third-order valence-corrected chi connectivity index (χ3v) is 7.80. The topological polar surface area (TPSA) is 46.5 Å². The molecule has 6 heteroatoms. The first-order valence-corrected chi connectivity index (χ1v) is 9.96. The number of hydrogen-bond donors (Lipinski definition) is 1. The molecular weight excluding hydrogens is 350 g/mol. The van der Waals surface area contributed by atoms with Crippen LogP contribution in [0.2, 0.25) is 0 Å². The van der Waals surface area contributed by atoms with E-state index in [1.165, 1.54) is 0 Å². The minimum absolute atomic E-state index is 0. The summed E-state index contributed by atoms with van der Waals surface area (Å²) >= 11 is 0. The summed E-state index contributed by atoms with van der Waals surface area (Å²) in [5, 5.41) is 0. The molecule has 0 aliphatic rings. The van der Waals surface area contributed by atoms with Crippen molar-refractivity contribution in [2.24, 2.45) is 0 Å². The molecule has 3 rings (SSSR count). The van der Waals surface area contributed by atoms with Crippen LogP contribution in [-0.2, 0) is 8.54 Å². The third-order valence-electron chi connectivity index (χ3n) is 3.42. The molecule has 0 spiro atoms. The number of hydrogen-bond acceptors (Lipinski definition) is 2. The average molecular weight is 368 g/mol. The van der Waals surface area contributed by atoms with E-state index < -0.39 is 18.6 Å². The van der Waals surface area contributed by atoms with Crippen molar-refractivity contribution in [3.8, 4) is 0 Å². The SMILES string of the molecule is O=[PH](O)OS(c1ccccc1)(c1ccccc1)c1ccccc1.[NaH]. The first kappa shape index (κ1) is 19.5. The van der Waals surface area contributed by atoms with Crippen molar-refractivity contribution in [2.75, 3.05) is 0 Å². The van der Waals surface area contributed by atoms with Crippen molar-refractivity contribution in [1.82, 2.24) is 0 Å². The number of rotatable bonds is 5. The van der Waals surface area contributed by atoms with Crippen molar-refractivity contribution in [1.29, 1.82) is 0 Å². The molecule has 0 heterocycles. The maximum atomic E-state index is 11.7. The van der Waals surface area contributed by atoms with Crippen molar-refractivity contribution in [2.45, 2.75) is 14.7 Å². The van der Waals surface area contributed by atoms with Gasteiger partial charge in [0, 0.05) is 14.7 Å². The summed E-state index contributed by atoms with van der Waals surface area (Å²) in [4.78, 5) is 12.3. The predicted molar refractivity (Wildman–Crippen MR) is 101 cm³/mol. The van der Waals surface area contributed by atoms with Crippen LogP contribution < -0.4 is 0 Å². The molecule has 1 unspecified atom stereocenters. The fourth-order valence-corrected chi connectivity index (χ4v) is 6.94. The molecule has 120 valence electrons. The molecule has 0 aromatic heterocycles. The minimum atomic E-state index is -3.15. The molecule has 0 bridgehead atoms. The quantitative estimate of drug-likeness (QED) is 0.527. The molecule has 0 saturated heterocycles. The zero-order valence-electron chi connectivity index (χ0n) is 12.3. The summed E-state index contributed by atoms with van der Waals surface area (Å²) < 4.78 is 17.5. The van der Waals surface area contributed by atoms with Crippen LogP contribution >= 0.6 is 18.6 Å². The first-order valence-electron chi connectivity index (χ1n) is 7.14. The molecule has 0 radical (unpaired) electrons. The van der Waals surface area contributed by atoms with Crippen LogP contribution in [0.25, 0.3) is 0 Å². The second-order valence-electron chi connectivity index (χ2n) is 4.84. The van der Waals surface area contributed by atoms with E-state index >= 15 is 0 Å². The van der Waals surface area contributed by atoms with E-state index in [1.807, 2.05) is 91.0 Å². The van der Waals surface area contributed by atoms with Crippen LogP contribution in [0.15, 0.2) is 106 Å². The second-order valence-corrected chi connectivity index (χ2v) is 8.57. The van der Waals surface area contributed by atoms with E-state index in [9.17, 15) is 9.46 Å². The summed E-state index contributed by atoms with van der Waals surface area (Å²) in [6.45, 7) is 0. The van der Waals surface area contributed by atoms with Crippen molar-refractivity contribution in [3.63, 3.8) is 0 Å². The molecule has 1 atom stereocenters. The fourth-order valence-electron chi connectivity index (χ4n) is 2.50. The van der Waals surface area contributed by atoms with Gasteiger partial charge in [0.2, 0.25) is 0 Å². The van der Waals surface area contributed by atoms with Crippen LogP contribution in [0.1, 0.15) is 0 Å². The maximum absolute atomic E-state index is 11.7. The summed E-state index contributed by atoms with van der Waals surface area (Å²) in [5.74, 6) is 0.